The molecule has 0 saturated carbocycles. The van der Waals surface area contributed by atoms with E-state index in [0.29, 0.717) is 6.54 Å². The van der Waals surface area contributed by atoms with Crippen molar-refractivity contribution in [3.8, 4) is 0 Å². The predicted octanol–water partition coefficient (Wildman–Crippen LogP) is 2.93. The van der Waals surface area contributed by atoms with Crippen molar-refractivity contribution in [1.29, 1.82) is 0 Å². The third-order valence-electron chi connectivity index (χ3n) is 2.83. The van der Waals surface area contributed by atoms with Gasteiger partial charge in [0.2, 0.25) is 0 Å². The van der Waals surface area contributed by atoms with Crippen molar-refractivity contribution in [2.24, 2.45) is 4.99 Å². The summed E-state index contributed by atoms with van der Waals surface area (Å²) in [5, 5.41) is 8.80. The lowest BCUT2D eigenvalue weighted by Gasteiger charge is -2.09. The largest absolute Gasteiger partial charge is 0.357 e. The van der Waals surface area contributed by atoms with E-state index >= 15 is 0 Å². The summed E-state index contributed by atoms with van der Waals surface area (Å²) in [4.78, 5) is 8.99. The van der Waals surface area contributed by atoms with Gasteiger partial charge < -0.3 is 10.6 Å². The summed E-state index contributed by atoms with van der Waals surface area (Å²) in [6.45, 7) is 6.41. The van der Waals surface area contributed by atoms with Gasteiger partial charge in [-0.05, 0) is 25.3 Å². The first-order valence-corrected chi connectivity index (χ1v) is 6.70. The molecule has 0 fully saturated rings. The number of pyridine rings is 1. The van der Waals surface area contributed by atoms with Gasteiger partial charge in [-0.25, -0.2) is 4.99 Å². The topological polar surface area (TPSA) is 49.3 Å². The average molecular weight is 384 g/mol. The van der Waals surface area contributed by atoms with Crippen LogP contribution in [0.25, 0.3) is 10.8 Å². The first-order valence-electron chi connectivity index (χ1n) is 6.70. The van der Waals surface area contributed by atoms with Gasteiger partial charge in [0.15, 0.2) is 5.96 Å². The number of aliphatic imine (C=N–C) groups is 1. The standard InChI is InChI=1S/C15H20N4.HI/c1-3-16-15(17-4-2)19-11-14-13-8-6-5-7-12(13)9-10-18-14;/h5-10H,3-4,11H2,1-2H3,(H2,16,17,19);1H. The lowest BCUT2D eigenvalue weighted by molar-refractivity contribution is 0.835. The van der Waals surface area contributed by atoms with Crippen LogP contribution in [-0.2, 0) is 6.54 Å². The molecule has 0 amide bonds. The fourth-order valence-corrected chi connectivity index (χ4v) is 1.97. The average Bonchev–Trinajstić information content (AvgIpc) is 2.45. The Kier molecular flexibility index (Phi) is 7.28. The summed E-state index contributed by atoms with van der Waals surface area (Å²) in [7, 11) is 0. The fourth-order valence-electron chi connectivity index (χ4n) is 1.97. The van der Waals surface area contributed by atoms with E-state index in [1.807, 2.05) is 24.4 Å². The highest BCUT2D eigenvalue weighted by Crippen LogP contribution is 2.16. The van der Waals surface area contributed by atoms with Crippen molar-refractivity contribution in [2.75, 3.05) is 13.1 Å². The molecule has 5 heteroatoms. The number of benzene rings is 1. The minimum atomic E-state index is 0. The Bertz CT molecular complexity index is 555. The normalized spacial score (nSPS) is 9.70. The number of hydrogen-bond acceptors (Lipinski definition) is 2. The van der Waals surface area contributed by atoms with Crippen molar-refractivity contribution in [2.45, 2.75) is 20.4 Å². The minimum Gasteiger partial charge on any atom is -0.357 e. The molecule has 1 aromatic carbocycles. The molecule has 2 N–H and O–H groups in total. The van der Waals surface area contributed by atoms with E-state index in [2.05, 4.69) is 46.6 Å². The first-order chi connectivity index (χ1) is 9.35. The van der Waals surface area contributed by atoms with E-state index in [-0.39, 0.29) is 24.0 Å². The lowest BCUT2D eigenvalue weighted by Crippen LogP contribution is -2.37. The van der Waals surface area contributed by atoms with Crippen molar-refractivity contribution in [1.82, 2.24) is 15.6 Å². The highest BCUT2D eigenvalue weighted by atomic mass is 127. The van der Waals surface area contributed by atoms with Gasteiger partial charge in [0.05, 0.1) is 12.2 Å². The van der Waals surface area contributed by atoms with Crippen LogP contribution in [0.5, 0.6) is 0 Å². The van der Waals surface area contributed by atoms with Crippen LogP contribution in [0, 0.1) is 0 Å². The van der Waals surface area contributed by atoms with Crippen LogP contribution in [0.3, 0.4) is 0 Å². The molecule has 0 spiro atoms. The maximum absolute atomic E-state index is 4.56. The summed E-state index contributed by atoms with van der Waals surface area (Å²) in [6.07, 6.45) is 1.84. The maximum Gasteiger partial charge on any atom is 0.191 e. The lowest BCUT2D eigenvalue weighted by atomic mass is 10.1. The monoisotopic (exact) mass is 384 g/mol. The van der Waals surface area contributed by atoms with Crippen LogP contribution in [0.15, 0.2) is 41.5 Å². The number of nitrogens with zero attached hydrogens (tertiary/aromatic N) is 2. The van der Waals surface area contributed by atoms with E-state index in [4.69, 9.17) is 0 Å². The Morgan fingerprint density at radius 3 is 2.50 bits per heavy atom. The zero-order chi connectivity index (χ0) is 13.5. The number of fused-ring (bicyclic) bond motifs is 1. The highest BCUT2D eigenvalue weighted by Gasteiger charge is 2.01. The molecule has 0 aliphatic rings. The summed E-state index contributed by atoms with van der Waals surface area (Å²) < 4.78 is 0. The fraction of sp³-hybridized carbons (Fsp3) is 0.333. The van der Waals surface area contributed by atoms with Gasteiger partial charge in [-0.15, -0.1) is 24.0 Å². The van der Waals surface area contributed by atoms with E-state index in [1.54, 1.807) is 0 Å². The number of halogens is 1. The molecule has 20 heavy (non-hydrogen) atoms. The second-order valence-electron chi connectivity index (χ2n) is 4.20. The number of rotatable bonds is 4. The van der Waals surface area contributed by atoms with Gasteiger partial charge in [0.1, 0.15) is 0 Å². The molecule has 0 radical (unpaired) electrons. The van der Waals surface area contributed by atoms with E-state index in [0.717, 1.165) is 24.7 Å². The molecule has 1 heterocycles. The molecule has 2 aromatic rings. The van der Waals surface area contributed by atoms with Crippen LogP contribution in [0.4, 0.5) is 0 Å². The van der Waals surface area contributed by atoms with Crippen LogP contribution < -0.4 is 10.6 Å². The van der Waals surface area contributed by atoms with Crippen LogP contribution >= 0.6 is 24.0 Å². The van der Waals surface area contributed by atoms with E-state index in [1.165, 1.54) is 10.8 Å². The third kappa shape index (κ3) is 4.33. The Labute approximate surface area is 137 Å². The van der Waals surface area contributed by atoms with Gasteiger partial charge in [-0.3, -0.25) is 4.98 Å². The van der Waals surface area contributed by atoms with Crippen LogP contribution in [-0.4, -0.2) is 24.0 Å². The molecule has 0 aliphatic heterocycles. The Hall–Kier alpha value is -1.37. The maximum atomic E-state index is 4.56. The molecule has 2 rings (SSSR count). The molecular weight excluding hydrogens is 363 g/mol. The van der Waals surface area contributed by atoms with Crippen molar-refractivity contribution in [3.05, 3.63) is 42.2 Å². The SMILES string of the molecule is CCNC(=NCc1nccc2ccccc12)NCC.I. The van der Waals surface area contributed by atoms with Crippen molar-refractivity contribution < 1.29 is 0 Å². The van der Waals surface area contributed by atoms with E-state index < -0.39 is 0 Å². The van der Waals surface area contributed by atoms with E-state index in [9.17, 15) is 0 Å². The Balaban J connectivity index is 0.00000200. The second kappa shape index (κ2) is 8.73. The number of guanidine groups is 1. The Morgan fingerprint density at radius 2 is 1.80 bits per heavy atom. The quantitative estimate of drug-likeness (QED) is 0.484. The molecule has 0 saturated heterocycles. The van der Waals surface area contributed by atoms with Gasteiger partial charge >= 0.3 is 0 Å². The summed E-state index contributed by atoms with van der Waals surface area (Å²) in [5.74, 6) is 0.833. The molecule has 0 bridgehead atoms. The van der Waals surface area contributed by atoms with Gasteiger partial charge in [0, 0.05) is 24.7 Å². The number of hydrogen-bond donors (Lipinski definition) is 2. The zero-order valence-electron chi connectivity index (χ0n) is 11.9. The Morgan fingerprint density at radius 1 is 1.10 bits per heavy atom. The molecule has 108 valence electrons. The van der Waals surface area contributed by atoms with Gasteiger partial charge in [-0.2, -0.15) is 0 Å². The number of nitrogens with one attached hydrogen (secondary N) is 2. The number of aromatic nitrogens is 1. The molecular formula is C15H21IN4. The molecule has 4 nitrogen and oxygen atoms in total. The molecule has 0 aliphatic carbocycles. The van der Waals surface area contributed by atoms with Crippen LogP contribution in [0.1, 0.15) is 19.5 Å². The summed E-state index contributed by atoms with van der Waals surface area (Å²) >= 11 is 0. The van der Waals surface area contributed by atoms with Gasteiger partial charge in [-0.1, -0.05) is 24.3 Å². The first kappa shape index (κ1) is 16.7. The minimum absolute atomic E-state index is 0. The summed E-state index contributed by atoms with van der Waals surface area (Å²) in [5.41, 5.74) is 1.01. The smallest absolute Gasteiger partial charge is 0.191 e. The third-order valence-corrected chi connectivity index (χ3v) is 2.83. The van der Waals surface area contributed by atoms with Gasteiger partial charge in [0.25, 0.3) is 0 Å². The second-order valence-corrected chi connectivity index (χ2v) is 4.20. The molecule has 1 aromatic heterocycles. The highest BCUT2D eigenvalue weighted by molar-refractivity contribution is 14.0. The zero-order valence-corrected chi connectivity index (χ0v) is 14.2. The van der Waals surface area contributed by atoms with Crippen molar-refractivity contribution in [3.63, 3.8) is 0 Å². The molecule has 0 unspecified atom stereocenters. The summed E-state index contributed by atoms with van der Waals surface area (Å²) in [6, 6.07) is 10.3. The molecule has 0 atom stereocenters. The van der Waals surface area contributed by atoms with Crippen LogP contribution in [0.2, 0.25) is 0 Å². The predicted molar refractivity (Wildman–Crippen MR) is 95.7 cm³/mol. The van der Waals surface area contributed by atoms with Crippen molar-refractivity contribution >= 4 is 40.7 Å².